The van der Waals surface area contributed by atoms with E-state index in [-0.39, 0.29) is 18.2 Å². The van der Waals surface area contributed by atoms with Gasteiger partial charge in [-0.25, -0.2) is 4.39 Å². The van der Waals surface area contributed by atoms with Crippen LogP contribution in [0.25, 0.3) is 10.8 Å². The van der Waals surface area contributed by atoms with Gasteiger partial charge in [-0.3, -0.25) is 0 Å². The first-order valence-corrected chi connectivity index (χ1v) is 7.90. The Morgan fingerprint density at radius 2 is 1.76 bits per heavy atom. The number of halogens is 3. The first kappa shape index (κ1) is 19.3. The Kier molecular flexibility index (Phi) is 6.09. The molecule has 0 atom stereocenters. The van der Waals surface area contributed by atoms with Gasteiger partial charge >= 0.3 is 0 Å². The van der Waals surface area contributed by atoms with Gasteiger partial charge in [0.15, 0.2) is 29.9 Å². The molecule has 0 aliphatic rings. The Bertz CT molecular complexity index is 895. The summed E-state index contributed by atoms with van der Waals surface area (Å²) in [6.07, 6.45) is 1.92. The molecule has 6 heteroatoms. The summed E-state index contributed by atoms with van der Waals surface area (Å²) in [6, 6.07) is 10.6. The Hall–Kier alpha value is -2.04. The molecule has 0 N–H and O–H groups in total. The maximum atomic E-state index is 14.1. The van der Waals surface area contributed by atoms with Crippen molar-refractivity contribution in [2.45, 2.75) is 13.5 Å². The normalized spacial score (nSPS) is 10.4. The zero-order chi connectivity index (χ0) is 17.3. The smallest absolute Gasteiger partial charge is 0.186 e. The first-order valence-electron chi connectivity index (χ1n) is 7.53. The largest absolute Gasteiger partial charge is 1.00 e. The summed E-state index contributed by atoms with van der Waals surface area (Å²) in [5.74, 6) is 1.04. The molecule has 1 aromatic heterocycles. The lowest BCUT2D eigenvalue weighted by atomic mass is 10.1. The van der Waals surface area contributed by atoms with E-state index in [4.69, 9.17) is 21.1 Å². The average molecular weight is 382 g/mol. The number of hydrogen-bond acceptors (Lipinski definition) is 2. The fourth-order valence-corrected chi connectivity index (χ4v) is 3.03. The van der Waals surface area contributed by atoms with Crippen LogP contribution in [0.5, 0.6) is 11.5 Å². The third-order valence-corrected chi connectivity index (χ3v) is 4.55. The molecule has 25 heavy (non-hydrogen) atoms. The molecule has 0 aliphatic heterocycles. The molecular weight excluding hydrogens is 364 g/mol. The predicted molar refractivity (Wildman–Crippen MR) is 92.5 cm³/mol. The maximum absolute atomic E-state index is 14.1. The lowest BCUT2D eigenvalue weighted by Crippen LogP contribution is -3.00. The molecule has 0 aliphatic carbocycles. The summed E-state index contributed by atoms with van der Waals surface area (Å²) in [6.45, 7) is 2.35. The molecule has 0 bridgehead atoms. The van der Waals surface area contributed by atoms with Crippen LogP contribution >= 0.6 is 11.6 Å². The number of hydrogen-bond donors (Lipinski definition) is 0. The Morgan fingerprint density at radius 3 is 2.40 bits per heavy atom. The molecular formula is C19H18Cl2FNO2. The quantitative estimate of drug-likeness (QED) is 0.635. The molecule has 0 spiro atoms. The zero-order valence-electron chi connectivity index (χ0n) is 14.1. The molecule has 0 unspecified atom stereocenters. The molecule has 1 heterocycles. The van der Waals surface area contributed by atoms with E-state index in [1.807, 2.05) is 35.9 Å². The van der Waals surface area contributed by atoms with Gasteiger partial charge in [0.2, 0.25) is 0 Å². The number of aryl methyl sites for hydroxylation is 1. The third-order valence-electron chi connectivity index (χ3n) is 4.20. The van der Waals surface area contributed by atoms with Crippen molar-refractivity contribution < 1.29 is 30.8 Å². The van der Waals surface area contributed by atoms with Gasteiger partial charge in [-0.15, -0.1) is 0 Å². The lowest BCUT2D eigenvalue weighted by Gasteiger charge is -2.11. The van der Waals surface area contributed by atoms with E-state index in [9.17, 15) is 4.39 Å². The SMILES string of the molecule is COc1cc2cc[n+](Cc3c(F)cccc3Cl)c(C)c2cc1OC.[Cl-]. The third kappa shape index (κ3) is 3.65. The number of aromatic nitrogens is 1. The van der Waals surface area contributed by atoms with Crippen LogP contribution in [0, 0.1) is 12.7 Å². The van der Waals surface area contributed by atoms with E-state index < -0.39 is 0 Å². The van der Waals surface area contributed by atoms with Crippen LogP contribution in [-0.2, 0) is 6.54 Å². The number of rotatable bonds is 4. The van der Waals surface area contributed by atoms with E-state index in [0.29, 0.717) is 28.6 Å². The molecule has 3 nitrogen and oxygen atoms in total. The summed E-state index contributed by atoms with van der Waals surface area (Å²) < 4.78 is 26.8. The van der Waals surface area contributed by atoms with Crippen LogP contribution in [-0.4, -0.2) is 14.2 Å². The van der Waals surface area contributed by atoms with Gasteiger partial charge in [0.05, 0.1) is 30.2 Å². The van der Waals surface area contributed by atoms with E-state index >= 15 is 0 Å². The van der Waals surface area contributed by atoms with Crippen molar-refractivity contribution in [3.8, 4) is 11.5 Å². The predicted octanol–water partition coefficient (Wildman–Crippen LogP) is 1.30. The van der Waals surface area contributed by atoms with Gasteiger partial charge in [0, 0.05) is 13.0 Å². The highest BCUT2D eigenvalue weighted by molar-refractivity contribution is 6.31. The minimum atomic E-state index is -0.304. The molecule has 3 aromatic rings. The van der Waals surface area contributed by atoms with Gasteiger partial charge in [-0.2, -0.15) is 4.57 Å². The minimum absolute atomic E-state index is 0. The molecule has 0 saturated carbocycles. The fraction of sp³-hybridized carbons (Fsp3) is 0.211. The van der Waals surface area contributed by atoms with Crippen LogP contribution in [0.3, 0.4) is 0 Å². The van der Waals surface area contributed by atoms with Crippen molar-refractivity contribution in [2.24, 2.45) is 0 Å². The summed E-state index contributed by atoms with van der Waals surface area (Å²) in [5, 5.41) is 2.47. The molecule has 2 aromatic carbocycles. The van der Waals surface area contributed by atoms with Gasteiger partial charge in [-0.05, 0) is 29.7 Å². The Balaban J connectivity index is 0.00000225. The Morgan fingerprint density at radius 1 is 1.08 bits per heavy atom. The number of ether oxygens (including phenoxy) is 2. The van der Waals surface area contributed by atoms with E-state index in [0.717, 1.165) is 16.5 Å². The molecule has 0 amide bonds. The van der Waals surface area contributed by atoms with E-state index in [1.54, 1.807) is 26.4 Å². The number of pyridine rings is 1. The molecule has 3 rings (SSSR count). The van der Waals surface area contributed by atoms with Crippen LogP contribution in [0.2, 0.25) is 5.02 Å². The highest BCUT2D eigenvalue weighted by Gasteiger charge is 2.18. The summed E-state index contributed by atoms with van der Waals surface area (Å²) >= 11 is 6.15. The number of nitrogens with zero attached hydrogens (tertiary/aromatic N) is 1. The number of benzene rings is 2. The standard InChI is InChI=1S/C19H18ClFNO2.ClH/c1-12-14-10-19(24-3)18(23-2)9-13(14)7-8-22(12)11-15-16(20)5-4-6-17(15)21;/h4-10H,11H2,1-3H3;1H/q+1;/p-1. The van der Waals surface area contributed by atoms with Gasteiger partial charge in [0.25, 0.3) is 0 Å². The fourth-order valence-electron chi connectivity index (χ4n) is 2.81. The summed E-state index contributed by atoms with van der Waals surface area (Å²) in [5.41, 5.74) is 1.47. The highest BCUT2D eigenvalue weighted by Crippen LogP contribution is 2.32. The van der Waals surface area contributed by atoms with Gasteiger partial charge in [0.1, 0.15) is 5.82 Å². The maximum Gasteiger partial charge on any atom is 0.186 e. The topological polar surface area (TPSA) is 22.3 Å². The second kappa shape index (κ2) is 7.89. The monoisotopic (exact) mass is 381 g/mol. The molecule has 0 saturated heterocycles. The molecule has 0 radical (unpaired) electrons. The van der Waals surface area contributed by atoms with E-state index in [1.165, 1.54) is 6.07 Å². The molecule has 132 valence electrons. The summed E-state index contributed by atoms with van der Waals surface area (Å²) in [4.78, 5) is 0. The van der Waals surface area contributed by atoms with Crippen molar-refractivity contribution in [1.82, 2.24) is 0 Å². The van der Waals surface area contributed by atoms with Crippen molar-refractivity contribution in [1.29, 1.82) is 0 Å². The zero-order valence-corrected chi connectivity index (χ0v) is 15.7. The summed E-state index contributed by atoms with van der Waals surface area (Å²) in [7, 11) is 3.22. The number of methoxy groups -OCH3 is 2. The minimum Gasteiger partial charge on any atom is -1.00 e. The Labute approximate surface area is 157 Å². The molecule has 0 fully saturated rings. The van der Waals surface area contributed by atoms with Crippen molar-refractivity contribution in [3.05, 3.63) is 64.7 Å². The van der Waals surface area contributed by atoms with Crippen molar-refractivity contribution in [3.63, 3.8) is 0 Å². The second-order valence-electron chi connectivity index (χ2n) is 5.52. The van der Waals surface area contributed by atoms with E-state index in [2.05, 4.69) is 0 Å². The number of fused-ring (bicyclic) bond motifs is 1. The second-order valence-corrected chi connectivity index (χ2v) is 5.93. The van der Waals surface area contributed by atoms with Crippen molar-refractivity contribution in [2.75, 3.05) is 14.2 Å². The average Bonchev–Trinajstić information content (AvgIpc) is 2.59. The van der Waals surface area contributed by atoms with Gasteiger partial charge in [-0.1, -0.05) is 17.7 Å². The van der Waals surface area contributed by atoms with Gasteiger partial charge < -0.3 is 21.9 Å². The first-order chi connectivity index (χ1) is 11.5. The van der Waals surface area contributed by atoms with Crippen LogP contribution < -0.4 is 26.4 Å². The van der Waals surface area contributed by atoms with Crippen LogP contribution in [0.1, 0.15) is 11.3 Å². The van der Waals surface area contributed by atoms with Crippen LogP contribution in [0.15, 0.2) is 42.6 Å². The highest BCUT2D eigenvalue weighted by atomic mass is 35.5. The van der Waals surface area contributed by atoms with Crippen LogP contribution in [0.4, 0.5) is 4.39 Å². The van der Waals surface area contributed by atoms with Crippen molar-refractivity contribution >= 4 is 22.4 Å². The lowest BCUT2D eigenvalue weighted by molar-refractivity contribution is -0.693.